The fourth-order valence-electron chi connectivity index (χ4n) is 1.04. The number of hydrogen-bond donors (Lipinski definition) is 1. The van der Waals surface area contributed by atoms with Gasteiger partial charge in [0, 0.05) is 18.5 Å². The standard InChI is InChI=1S/C8H9N5S/c1-14-8-11-6(9)5-7(12-8)13-4-2-3-10-13/h2-5H,1H3,(H2,9,11,12). The molecule has 0 saturated carbocycles. The lowest BCUT2D eigenvalue weighted by atomic mass is 10.5. The van der Waals surface area contributed by atoms with Crippen LogP contribution in [-0.2, 0) is 0 Å². The molecular formula is C8H9N5S. The van der Waals surface area contributed by atoms with Crippen molar-refractivity contribution in [3.05, 3.63) is 24.5 Å². The average molecular weight is 207 g/mol. The van der Waals surface area contributed by atoms with Gasteiger partial charge in [-0.15, -0.1) is 0 Å². The highest BCUT2D eigenvalue weighted by molar-refractivity contribution is 7.98. The van der Waals surface area contributed by atoms with E-state index < -0.39 is 0 Å². The second kappa shape index (κ2) is 3.67. The van der Waals surface area contributed by atoms with E-state index in [-0.39, 0.29) is 0 Å². The van der Waals surface area contributed by atoms with E-state index in [2.05, 4.69) is 15.1 Å². The van der Waals surface area contributed by atoms with Crippen LogP contribution in [0.15, 0.2) is 29.7 Å². The Hall–Kier alpha value is -1.56. The third-order valence-electron chi connectivity index (χ3n) is 1.63. The number of nitrogens with zero attached hydrogens (tertiary/aromatic N) is 4. The first-order chi connectivity index (χ1) is 6.79. The topological polar surface area (TPSA) is 69.6 Å². The van der Waals surface area contributed by atoms with Gasteiger partial charge in [0.1, 0.15) is 5.82 Å². The lowest BCUT2D eigenvalue weighted by Crippen LogP contribution is -2.02. The van der Waals surface area contributed by atoms with Crippen molar-refractivity contribution in [1.29, 1.82) is 0 Å². The largest absolute Gasteiger partial charge is 0.383 e. The molecule has 5 nitrogen and oxygen atoms in total. The molecule has 2 aromatic rings. The predicted octanol–water partition coefficient (Wildman–Crippen LogP) is 0.966. The van der Waals surface area contributed by atoms with Crippen LogP contribution >= 0.6 is 11.8 Å². The smallest absolute Gasteiger partial charge is 0.191 e. The van der Waals surface area contributed by atoms with Crippen LogP contribution in [0.3, 0.4) is 0 Å². The summed E-state index contributed by atoms with van der Waals surface area (Å²) in [4.78, 5) is 8.32. The van der Waals surface area contributed by atoms with Gasteiger partial charge in [0.2, 0.25) is 0 Å². The lowest BCUT2D eigenvalue weighted by molar-refractivity contribution is 0.810. The number of nitrogens with two attached hydrogens (primary N) is 1. The number of aromatic nitrogens is 4. The molecule has 0 fully saturated rings. The molecule has 0 radical (unpaired) electrons. The Kier molecular flexibility index (Phi) is 2.36. The molecule has 0 bridgehead atoms. The van der Waals surface area contributed by atoms with Crippen molar-refractivity contribution in [2.75, 3.05) is 12.0 Å². The van der Waals surface area contributed by atoms with E-state index in [4.69, 9.17) is 5.73 Å². The van der Waals surface area contributed by atoms with Crippen molar-refractivity contribution < 1.29 is 0 Å². The first-order valence-electron chi connectivity index (χ1n) is 3.98. The van der Waals surface area contributed by atoms with E-state index in [1.165, 1.54) is 11.8 Å². The van der Waals surface area contributed by atoms with E-state index in [1.54, 1.807) is 16.9 Å². The summed E-state index contributed by atoms with van der Waals surface area (Å²) in [6.07, 6.45) is 5.41. The van der Waals surface area contributed by atoms with Crippen LogP contribution in [0.5, 0.6) is 0 Å². The van der Waals surface area contributed by atoms with Crippen molar-refractivity contribution in [2.45, 2.75) is 5.16 Å². The van der Waals surface area contributed by atoms with Crippen LogP contribution in [0.1, 0.15) is 0 Å². The molecule has 0 atom stereocenters. The van der Waals surface area contributed by atoms with Crippen LogP contribution in [0.25, 0.3) is 5.82 Å². The summed E-state index contributed by atoms with van der Waals surface area (Å²) < 4.78 is 1.65. The van der Waals surface area contributed by atoms with Gasteiger partial charge in [0.25, 0.3) is 0 Å². The number of anilines is 1. The molecular weight excluding hydrogens is 198 g/mol. The molecule has 2 rings (SSSR count). The molecule has 0 unspecified atom stereocenters. The highest BCUT2D eigenvalue weighted by atomic mass is 32.2. The van der Waals surface area contributed by atoms with Gasteiger partial charge >= 0.3 is 0 Å². The summed E-state index contributed by atoms with van der Waals surface area (Å²) in [5, 5.41) is 4.71. The summed E-state index contributed by atoms with van der Waals surface area (Å²) in [5.41, 5.74) is 5.64. The quantitative estimate of drug-likeness (QED) is 0.587. The average Bonchev–Trinajstić information content (AvgIpc) is 2.69. The molecule has 0 aromatic carbocycles. The van der Waals surface area contributed by atoms with Crippen LogP contribution < -0.4 is 5.73 Å². The fraction of sp³-hybridized carbons (Fsp3) is 0.125. The van der Waals surface area contributed by atoms with Crippen LogP contribution in [0.2, 0.25) is 0 Å². The number of thioether (sulfide) groups is 1. The Balaban J connectivity index is 2.48. The van der Waals surface area contributed by atoms with Crippen molar-refractivity contribution >= 4 is 17.6 Å². The Morgan fingerprint density at radius 3 is 2.93 bits per heavy atom. The van der Waals surface area contributed by atoms with Crippen molar-refractivity contribution in [2.24, 2.45) is 0 Å². The molecule has 2 N–H and O–H groups in total. The van der Waals surface area contributed by atoms with Gasteiger partial charge < -0.3 is 5.73 Å². The molecule has 0 spiro atoms. The summed E-state index contributed by atoms with van der Waals surface area (Å²) in [6.45, 7) is 0. The molecule has 0 saturated heterocycles. The minimum atomic E-state index is 0.454. The van der Waals surface area contributed by atoms with E-state index in [0.717, 1.165) is 0 Å². The van der Waals surface area contributed by atoms with Gasteiger partial charge in [-0.25, -0.2) is 14.6 Å². The van der Waals surface area contributed by atoms with Gasteiger partial charge in [-0.1, -0.05) is 11.8 Å². The highest BCUT2D eigenvalue weighted by Gasteiger charge is 2.03. The molecule has 2 aromatic heterocycles. The maximum atomic E-state index is 5.64. The highest BCUT2D eigenvalue weighted by Crippen LogP contribution is 2.13. The van der Waals surface area contributed by atoms with E-state index in [1.807, 2.05) is 18.5 Å². The van der Waals surface area contributed by atoms with Gasteiger partial charge in [0.15, 0.2) is 11.0 Å². The number of rotatable bonds is 2. The van der Waals surface area contributed by atoms with Gasteiger partial charge in [0.05, 0.1) is 0 Å². The summed E-state index contributed by atoms with van der Waals surface area (Å²) in [7, 11) is 0. The van der Waals surface area contributed by atoms with Crippen LogP contribution in [0.4, 0.5) is 5.82 Å². The molecule has 0 aliphatic rings. The zero-order chi connectivity index (χ0) is 9.97. The molecule has 0 aliphatic heterocycles. The Morgan fingerprint density at radius 2 is 2.29 bits per heavy atom. The maximum Gasteiger partial charge on any atom is 0.191 e. The number of hydrogen-bond acceptors (Lipinski definition) is 5. The monoisotopic (exact) mass is 207 g/mol. The van der Waals surface area contributed by atoms with Crippen molar-refractivity contribution in [1.82, 2.24) is 19.7 Å². The fourth-order valence-corrected chi connectivity index (χ4v) is 1.42. The molecule has 14 heavy (non-hydrogen) atoms. The van der Waals surface area contributed by atoms with Crippen molar-refractivity contribution in [3.8, 4) is 5.82 Å². The first kappa shape index (κ1) is 9.01. The molecule has 72 valence electrons. The zero-order valence-corrected chi connectivity index (χ0v) is 8.40. The van der Waals surface area contributed by atoms with Gasteiger partial charge in [-0.2, -0.15) is 5.10 Å². The molecule has 2 heterocycles. The third-order valence-corrected chi connectivity index (χ3v) is 2.18. The maximum absolute atomic E-state index is 5.64. The second-order valence-electron chi connectivity index (χ2n) is 2.59. The predicted molar refractivity (Wildman–Crippen MR) is 55.3 cm³/mol. The summed E-state index contributed by atoms with van der Waals surface area (Å²) >= 11 is 1.45. The Bertz CT molecular complexity index is 425. The Labute approximate surface area is 85.4 Å². The number of nitrogen functional groups attached to an aromatic ring is 1. The summed E-state index contributed by atoms with van der Waals surface area (Å²) in [5.74, 6) is 1.14. The third kappa shape index (κ3) is 1.69. The minimum absolute atomic E-state index is 0.454. The minimum Gasteiger partial charge on any atom is -0.383 e. The van der Waals surface area contributed by atoms with Crippen LogP contribution in [-0.4, -0.2) is 26.0 Å². The molecule has 6 heteroatoms. The SMILES string of the molecule is CSc1nc(N)cc(-n2cccn2)n1. The molecule has 0 aliphatic carbocycles. The first-order valence-corrected chi connectivity index (χ1v) is 5.20. The van der Waals surface area contributed by atoms with Crippen LogP contribution in [0, 0.1) is 0 Å². The van der Waals surface area contributed by atoms with E-state index in [9.17, 15) is 0 Å². The lowest BCUT2D eigenvalue weighted by Gasteiger charge is -2.03. The van der Waals surface area contributed by atoms with E-state index in [0.29, 0.717) is 16.8 Å². The van der Waals surface area contributed by atoms with Gasteiger partial charge in [-0.05, 0) is 12.3 Å². The normalized spacial score (nSPS) is 10.4. The Morgan fingerprint density at radius 1 is 1.43 bits per heavy atom. The van der Waals surface area contributed by atoms with E-state index >= 15 is 0 Å². The van der Waals surface area contributed by atoms with Crippen molar-refractivity contribution in [3.63, 3.8) is 0 Å². The van der Waals surface area contributed by atoms with Gasteiger partial charge in [-0.3, -0.25) is 0 Å². The molecule has 0 amide bonds. The summed E-state index contributed by atoms with van der Waals surface area (Å²) in [6, 6.07) is 3.52. The second-order valence-corrected chi connectivity index (χ2v) is 3.36. The zero-order valence-electron chi connectivity index (χ0n) is 7.58.